The summed E-state index contributed by atoms with van der Waals surface area (Å²) in [6, 6.07) is 4.17. The van der Waals surface area contributed by atoms with E-state index in [0.717, 1.165) is 25.9 Å². The molecule has 0 aliphatic rings. The van der Waals surface area contributed by atoms with Crippen LogP contribution in [0.4, 0.5) is 0 Å². The fourth-order valence-corrected chi connectivity index (χ4v) is 2.35. The molecular formula is C15H27IN4O2S. The van der Waals surface area contributed by atoms with Crippen molar-refractivity contribution in [2.45, 2.75) is 12.8 Å². The van der Waals surface area contributed by atoms with E-state index >= 15 is 0 Å². The highest BCUT2D eigenvalue weighted by Gasteiger charge is 2.04. The lowest BCUT2D eigenvalue weighted by molar-refractivity contribution is -0.127. The standard InChI is InChI=1S/C15H26N4O2S.HI/c1-19(2)14(20)12-18-15(16-8-5-10-21-3)17-9-7-13-6-4-11-22-13;/h4,6,11H,5,7-10,12H2,1-3H3,(H2,16,17,18);1H. The van der Waals surface area contributed by atoms with Gasteiger partial charge in [0.15, 0.2) is 5.96 Å². The van der Waals surface area contributed by atoms with E-state index in [-0.39, 0.29) is 36.4 Å². The summed E-state index contributed by atoms with van der Waals surface area (Å²) in [6.07, 6.45) is 1.84. The third kappa shape index (κ3) is 10.5. The monoisotopic (exact) mass is 454 g/mol. The Labute approximate surface area is 159 Å². The van der Waals surface area contributed by atoms with E-state index < -0.39 is 0 Å². The Balaban J connectivity index is 0.00000484. The minimum Gasteiger partial charge on any atom is -0.385 e. The average Bonchev–Trinajstić information content (AvgIpc) is 3.01. The molecule has 0 unspecified atom stereocenters. The molecule has 0 aromatic carbocycles. The van der Waals surface area contributed by atoms with Gasteiger partial charge in [-0.2, -0.15) is 0 Å². The predicted molar refractivity (Wildman–Crippen MR) is 107 cm³/mol. The molecule has 23 heavy (non-hydrogen) atoms. The number of halogens is 1. The molecule has 0 radical (unpaired) electrons. The van der Waals surface area contributed by atoms with Crippen LogP contribution >= 0.6 is 35.3 Å². The second-order valence-corrected chi connectivity index (χ2v) is 6.01. The molecule has 0 bridgehead atoms. The van der Waals surface area contributed by atoms with E-state index in [1.54, 1.807) is 32.5 Å². The van der Waals surface area contributed by atoms with Crippen LogP contribution < -0.4 is 10.6 Å². The van der Waals surface area contributed by atoms with Crippen LogP contribution in [0.5, 0.6) is 0 Å². The number of guanidine groups is 1. The van der Waals surface area contributed by atoms with Crippen LogP contribution in [-0.4, -0.2) is 64.2 Å². The molecule has 132 valence electrons. The van der Waals surface area contributed by atoms with Gasteiger partial charge in [0, 0.05) is 45.8 Å². The molecule has 0 aliphatic carbocycles. The van der Waals surface area contributed by atoms with E-state index in [9.17, 15) is 4.79 Å². The lowest BCUT2D eigenvalue weighted by Gasteiger charge is -2.13. The Morgan fingerprint density at radius 3 is 2.70 bits per heavy atom. The predicted octanol–water partition coefficient (Wildman–Crippen LogP) is 1.57. The first-order valence-corrected chi connectivity index (χ1v) is 8.25. The van der Waals surface area contributed by atoms with Gasteiger partial charge in [0.1, 0.15) is 6.54 Å². The first kappa shape index (κ1) is 22.1. The van der Waals surface area contributed by atoms with Gasteiger partial charge in [0.05, 0.1) is 0 Å². The normalized spacial score (nSPS) is 10.8. The van der Waals surface area contributed by atoms with Crippen molar-refractivity contribution in [3.63, 3.8) is 0 Å². The van der Waals surface area contributed by atoms with Crippen LogP contribution in [0.1, 0.15) is 11.3 Å². The van der Waals surface area contributed by atoms with Gasteiger partial charge in [-0.25, -0.2) is 4.99 Å². The fourth-order valence-electron chi connectivity index (χ4n) is 1.64. The van der Waals surface area contributed by atoms with Gasteiger partial charge in [0.2, 0.25) is 5.91 Å². The summed E-state index contributed by atoms with van der Waals surface area (Å²) in [5.41, 5.74) is 0. The number of carbonyl (C=O) groups excluding carboxylic acids is 1. The van der Waals surface area contributed by atoms with Crippen molar-refractivity contribution in [1.82, 2.24) is 15.5 Å². The molecule has 1 aromatic heterocycles. The first-order chi connectivity index (χ1) is 10.6. The topological polar surface area (TPSA) is 66.0 Å². The van der Waals surface area contributed by atoms with Crippen molar-refractivity contribution >= 4 is 47.2 Å². The minimum absolute atomic E-state index is 0. The van der Waals surface area contributed by atoms with Crippen molar-refractivity contribution in [2.75, 3.05) is 47.4 Å². The Morgan fingerprint density at radius 1 is 1.35 bits per heavy atom. The van der Waals surface area contributed by atoms with Gasteiger partial charge in [-0.3, -0.25) is 4.79 Å². The van der Waals surface area contributed by atoms with Crippen molar-refractivity contribution in [2.24, 2.45) is 4.99 Å². The zero-order valence-corrected chi connectivity index (χ0v) is 17.1. The highest BCUT2D eigenvalue weighted by atomic mass is 127. The molecule has 0 spiro atoms. The lowest BCUT2D eigenvalue weighted by Crippen LogP contribution is -2.40. The van der Waals surface area contributed by atoms with Crippen LogP contribution in [0.2, 0.25) is 0 Å². The number of rotatable bonds is 9. The molecule has 2 N–H and O–H groups in total. The third-order valence-electron chi connectivity index (χ3n) is 2.93. The Kier molecular flexibility index (Phi) is 13.0. The lowest BCUT2D eigenvalue weighted by atomic mass is 10.3. The van der Waals surface area contributed by atoms with Crippen LogP contribution in [0.25, 0.3) is 0 Å². The zero-order chi connectivity index (χ0) is 16.2. The molecule has 0 fully saturated rings. The second-order valence-electron chi connectivity index (χ2n) is 4.98. The molecule has 6 nitrogen and oxygen atoms in total. The van der Waals surface area contributed by atoms with Gasteiger partial charge in [0.25, 0.3) is 0 Å². The maximum atomic E-state index is 11.6. The van der Waals surface area contributed by atoms with Crippen molar-refractivity contribution < 1.29 is 9.53 Å². The average molecular weight is 454 g/mol. The van der Waals surface area contributed by atoms with Crippen molar-refractivity contribution in [1.29, 1.82) is 0 Å². The molecule has 1 amide bonds. The summed E-state index contributed by atoms with van der Waals surface area (Å²) in [5, 5.41) is 8.56. The molecule has 0 aliphatic heterocycles. The molecule has 1 rings (SSSR count). The summed E-state index contributed by atoms with van der Waals surface area (Å²) in [6.45, 7) is 2.39. The highest BCUT2D eigenvalue weighted by Crippen LogP contribution is 2.07. The van der Waals surface area contributed by atoms with Gasteiger partial charge in [-0.05, 0) is 24.3 Å². The first-order valence-electron chi connectivity index (χ1n) is 7.37. The van der Waals surface area contributed by atoms with Crippen molar-refractivity contribution in [3.8, 4) is 0 Å². The molecule has 8 heteroatoms. The number of hydrogen-bond donors (Lipinski definition) is 2. The van der Waals surface area contributed by atoms with Gasteiger partial charge in [-0.1, -0.05) is 6.07 Å². The SMILES string of the molecule is COCCCNC(=NCC(=O)N(C)C)NCCc1cccs1.I. The van der Waals surface area contributed by atoms with E-state index in [2.05, 4.69) is 27.1 Å². The van der Waals surface area contributed by atoms with Gasteiger partial charge in [-0.15, -0.1) is 35.3 Å². The molecule has 1 heterocycles. The van der Waals surface area contributed by atoms with E-state index in [0.29, 0.717) is 12.6 Å². The van der Waals surface area contributed by atoms with Crippen LogP contribution in [0.3, 0.4) is 0 Å². The number of nitrogens with one attached hydrogen (secondary N) is 2. The van der Waals surface area contributed by atoms with Gasteiger partial charge < -0.3 is 20.3 Å². The van der Waals surface area contributed by atoms with Crippen molar-refractivity contribution in [3.05, 3.63) is 22.4 Å². The quantitative estimate of drug-likeness (QED) is 0.257. The number of nitrogens with zero attached hydrogens (tertiary/aromatic N) is 2. The minimum atomic E-state index is -0.0174. The van der Waals surface area contributed by atoms with Gasteiger partial charge >= 0.3 is 0 Å². The number of hydrogen-bond acceptors (Lipinski definition) is 4. The summed E-state index contributed by atoms with van der Waals surface area (Å²) >= 11 is 1.74. The Hall–Kier alpha value is -0.870. The number of ether oxygens (including phenoxy) is 1. The van der Waals surface area contributed by atoms with Crippen LogP contribution in [0, 0.1) is 0 Å². The molecule has 0 saturated heterocycles. The number of aliphatic imine (C=N–C) groups is 1. The maximum absolute atomic E-state index is 11.6. The molecule has 0 atom stereocenters. The summed E-state index contributed by atoms with van der Waals surface area (Å²) < 4.78 is 5.02. The van der Waals surface area contributed by atoms with Crippen LogP contribution in [0.15, 0.2) is 22.5 Å². The second kappa shape index (κ2) is 13.6. The number of methoxy groups -OCH3 is 1. The van der Waals surface area contributed by atoms with Crippen LogP contribution in [-0.2, 0) is 16.0 Å². The molecule has 0 saturated carbocycles. The molecule has 1 aromatic rings. The van der Waals surface area contributed by atoms with E-state index in [1.165, 1.54) is 9.78 Å². The summed E-state index contributed by atoms with van der Waals surface area (Å²) in [7, 11) is 5.14. The largest absolute Gasteiger partial charge is 0.385 e. The number of amides is 1. The zero-order valence-electron chi connectivity index (χ0n) is 14.0. The maximum Gasteiger partial charge on any atom is 0.243 e. The number of thiophene rings is 1. The smallest absolute Gasteiger partial charge is 0.243 e. The Bertz CT molecular complexity index is 452. The fraction of sp³-hybridized carbons (Fsp3) is 0.600. The summed E-state index contributed by atoms with van der Waals surface area (Å²) in [5.74, 6) is 0.652. The summed E-state index contributed by atoms with van der Waals surface area (Å²) in [4.78, 5) is 18.8. The highest BCUT2D eigenvalue weighted by molar-refractivity contribution is 14.0. The third-order valence-corrected chi connectivity index (χ3v) is 3.87. The van der Waals surface area contributed by atoms with E-state index in [4.69, 9.17) is 4.74 Å². The number of carbonyl (C=O) groups is 1. The Morgan fingerprint density at radius 2 is 2.09 bits per heavy atom. The molecular weight excluding hydrogens is 427 g/mol. The van der Waals surface area contributed by atoms with E-state index in [1.807, 2.05) is 6.07 Å². The number of likely N-dealkylation sites (N-methyl/N-ethyl adjacent to an activating group) is 1.